The van der Waals surface area contributed by atoms with Gasteiger partial charge in [-0.2, -0.15) is 0 Å². The molecule has 1 aromatic rings. The number of anilines is 1. The van der Waals surface area contributed by atoms with Crippen LogP contribution in [0.4, 0.5) is 5.69 Å². The van der Waals surface area contributed by atoms with E-state index in [0.717, 1.165) is 0 Å². The third-order valence-electron chi connectivity index (χ3n) is 3.58. The fourth-order valence-corrected chi connectivity index (χ4v) is 2.29. The molecule has 2 N–H and O–H groups in total. The van der Waals surface area contributed by atoms with Crippen molar-refractivity contribution in [3.63, 3.8) is 0 Å². The molecular formula is C14H20N4O3. The van der Waals surface area contributed by atoms with E-state index in [1.54, 1.807) is 24.1 Å². The van der Waals surface area contributed by atoms with Gasteiger partial charge in [0.1, 0.15) is 0 Å². The molecule has 1 fully saturated rings. The lowest BCUT2D eigenvalue weighted by Gasteiger charge is -2.34. The van der Waals surface area contributed by atoms with Gasteiger partial charge >= 0.3 is 5.97 Å². The molecule has 1 saturated heterocycles. The van der Waals surface area contributed by atoms with Gasteiger partial charge in [-0.25, -0.2) is 0 Å². The summed E-state index contributed by atoms with van der Waals surface area (Å²) < 4.78 is 4.64. The smallest absolute Gasteiger partial charge is 0.319 e. The second kappa shape index (κ2) is 6.53. The van der Waals surface area contributed by atoms with Gasteiger partial charge in [-0.3, -0.25) is 19.5 Å². The van der Waals surface area contributed by atoms with E-state index in [1.165, 1.54) is 7.11 Å². The second-order valence-corrected chi connectivity index (χ2v) is 5.05. The number of hydrogen-bond donors (Lipinski definition) is 1. The number of ether oxygens (including phenoxy) is 1. The Labute approximate surface area is 123 Å². The zero-order valence-electron chi connectivity index (χ0n) is 12.3. The van der Waals surface area contributed by atoms with Crippen LogP contribution in [-0.2, 0) is 9.53 Å². The Morgan fingerprint density at radius 3 is 2.62 bits per heavy atom. The first kappa shape index (κ1) is 15.2. The van der Waals surface area contributed by atoms with Crippen LogP contribution in [0.2, 0.25) is 0 Å². The maximum absolute atomic E-state index is 12.5. The highest BCUT2D eigenvalue weighted by atomic mass is 16.5. The largest absolute Gasteiger partial charge is 0.468 e. The number of esters is 1. The van der Waals surface area contributed by atoms with Crippen LogP contribution in [-0.4, -0.2) is 66.5 Å². The van der Waals surface area contributed by atoms with Crippen LogP contribution >= 0.6 is 0 Å². The Bertz CT molecular complexity index is 539. The number of rotatable bonds is 3. The summed E-state index contributed by atoms with van der Waals surface area (Å²) in [5, 5.41) is 0. The monoisotopic (exact) mass is 292 g/mol. The van der Waals surface area contributed by atoms with Crippen LogP contribution in [0.5, 0.6) is 0 Å². The molecule has 1 aromatic heterocycles. The summed E-state index contributed by atoms with van der Waals surface area (Å²) >= 11 is 0. The van der Waals surface area contributed by atoms with E-state index in [0.29, 0.717) is 43.1 Å². The number of nitrogen functional groups attached to an aromatic ring is 1. The number of piperazine rings is 1. The summed E-state index contributed by atoms with van der Waals surface area (Å²) in [7, 11) is 1.37. The van der Waals surface area contributed by atoms with Gasteiger partial charge in [0.15, 0.2) is 0 Å². The van der Waals surface area contributed by atoms with Crippen LogP contribution in [0.25, 0.3) is 0 Å². The standard InChI is InChI=1S/C14H20N4O3/c1-10-12(7-11(15)8-16-10)14(20)18-5-3-17(4-6-18)9-13(19)21-2/h7-8H,3-6,9,15H2,1-2H3. The van der Waals surface area contributed by atoms with Crippen molar-refractivity contribution in [1.29, 1.82) is 0 Å². The highest BCUT2D eigenvalue weighted by Gasteiger charge is 2.24. The van der Waals surface area contributed by atoms with E-state index in [9.17, 15) is 9.59 Å². The molecule has 0 spiro atoms. The van der Waals surface area contributed by atoms with E-state index in [-0.39, 0.29) is 18.4 Å². The summed E-state index contributed by atoms with van der Waals surface area (Å²) in [5.41, 5.74) is 7.38. The Morgan fingerprint density at radius 2 is 2.00 bits per heavy atom. The maximum atomic E-state index is 12.5. The number of aromatic nitrogens is 1. The molecule has 1 aliphatic heterocycles. The van der Waals surface area contributed by atoms with Crippen molar-refractivity contribution in [2.75, 3.05) is 45.6 Å². The van der Waals surface area contributed by atoms with E-state index in [4.69, 9.17) is 5.73 Å². The lowest BCUT2D eigenvalue weighted by atomic mass is 10.1. The van der Waals surface area contributed by atoms with Crippen molar-refractivity contribution in [2.24, 2.45) is 0 Å². The predicted octanol–water partition coefficient (Wildman–Crippen LogP) is -0.0970. The first-order valence-electron chi connectivity index (χ1n) is 6.82. The molecule has 0 saturated carbocycles. The van der Waals surface area contributed by atoms with Gasteiger partial charge in [0.2, 0.25) is 0 Å². The molecule has 0 radical (unpaired) electrons. The Hall–Kier alpha value is -2.15. The van der Waals surface area contributed by atoms with Crippen molar-refractivity contribution < 1.29 is 14.3 Å². The van der Waals surface area contributed by atoms with Gasteiger partial charge in [-0.1, -0.05) is 0 Å². The summed E-state index contributed by atoms with van der Waals surface area (Å²) in [6, 6.07) is 1.66. The lowest BCUT2D eigenvalue weighted by molar-refractivity contribution is -0.142. The van der Waals surface area contributed by atoms with E-state index in [2.05, 4.69) is 9.72 Å². The molecule has 2 heterocycles. The molecule has 21 heavy (non-hydrogen) atoms. The molecule has 114 valence electrons. The van der Waals surface area contributed by atoms with Crippen LogP contribution in [0, 0.1) is 6.92 Å². The maximum Gasteiger partial charge on any atom is 0.319 e. The fraction of sp³-hybridized carbons (Fsp3) is 0.500. The average Bonchev–Trinajstić information content (AvgIpc) is 2.49. The number of pyridine rings is 1. The van der Waals surface area contributed by atoms with Crippen molar-refractivity contribution in [3.8, 4) is 0 Å². The zero-order valence-corrected chi connectivity index (χ0v) is 12.3. The Balaban J connectivity index is 1.97. The summed E-state index contributed by atoms with van der Waals surface area (Å²) in [6.07, 6.45) is 1.54. The van der Waals surface area contributed by atoms with E-state index in [1.807, 2.05) is 4.90 Å². The van der Waals surface area contributed by atoms with Crippen molar-refractivity contribution in [3.05, 3.63) is 23.5 Å². The SMILES string of the molecule is COC(=O)CN1CCN(C(=O)c2cc(N)cnc2C)CC1. The Kier molecular flexibility index (Phi) is 4.74. The molecule has 0 unspecified atom stereocenters. The minimum Gasteiger partial charge on any atom is -0.468 e. The Morgan fingerprint density at radius 1 is 1.33 bits per heavy atom. The number of methoxy groups -OCH3 is 1. The topological polar surface area (TPSA) is 88.8 Å². The van der Waals surface area contributed by atoms with Gasteiger partial charge in [0, 0.05) is 26.2 Å². The quantitative estimate of drug-likeness (QED) is 0.783. The van der Waals surface area contributed by atoms with Gasteiger partial charge in [-0.05, 0) is 13.0 Å². The van der Waals surface area contributed by atoms with Crippen molar-refractivity contribution in [2.45, 2.75) is 6.92 Å². The van der Waals surface area contributed by atoms with Crippen LogP contribution in [0.3, 0.4) is 0 Å². The van der Waals surface area contributed by atoms with Gasteiger partial charge in [0.25, 0.3) is 5.91 Å². The van der Waals surface area contributed by atoms with Gasteiger partial charge in [0.05, 0.1) is 36.8 Å². The summed E-state index contributed by atoms with van der Waals surface area (Å²) in [6.45, 7) is 4.50. The van der Waals surface area contributed by atoms with Crippen LogP contribution < -0.4 is 5.73 Å². The summed E-state index contributed by atoms with van der Waals surface area (Å²) in [4.78, 5) is 31.6. The average molecular weight is 292 g/mol. The molecule has 7 heteroatoms. The summed E-state index contributed by atoms with van der Waals surface area (Å²) in [5.74, 6) is -0.323. The first-order valence-corrected chi connectivity index (χ1v) is 6.82. The molecule has 1 amide bonds. The van der Waals surface area contributed by atoms with Crippen LogP contribution in [0.1, 0.15) is 16.1 Å². The number of carbonyl (C=O) groups excluding carboxylic acids is 2. The number of hydrogen-bond acceptors (Lipinski definition) is 6. The van der Waals surface area contributed by atoms with Gasteiger partial charge < -0.3 is 15.4 Å². The van der Waals surface area contributed by atoms with Gasteiger partial charge in [-0.15, -0.1) is 0 Å². The highest BCUT2D eigenvalue weighted by molar-refractivity contribution is 5.96. The first-order chi connectivity index (χ1) is 10.0. The van der Waals surface area contributed by atoms with E-state index < -0.39 is 0 Å². The molecule has 2 rings (SSSR count). The van der Waals surface area contributed by atoms with E-state index >= 15 is 0 Å². The predicted molar refractivity (Wildman–Crippen MR) is 77.7 cm³/mol. The lowest BCUT2D eigenvalue weighted by Crippen LogP contribution is -2.50. The molecular weight excluding hydrogens is 272 g/mol. The number of aryl methyl sites for hydroxylation is 1. The normalized spacial score (nSPS) is 15.8. The molecule has 0 aliphatic carbocycles. The zero-order chi connectivity index (χ0) is 15.4. The molecule has 0 bridgehead atoms. The number of nitrogens with zero attached hydrogens (tertiary/aromatic N) is 3. The fourth-order valence-electron chi connectivity index (χ4n) is 2.29. The number of nitrogens with two attached hydrogens (primary N) is 1. The third-order valence-corrected chi connectivity index (χ3v) is 3.58. The molecule has 7 nitrogen and oxygen atoms in total. The molecule has 0 atom stereocenters. The van der Waals surface area contributed by atoms with Crippen molar-refractivity contribution >= 4 is 17.6 Å². The molecule has 0 aromatic carbocycles. The number of carbonyl (C=O) groups is 2. The number of amides is 1. The van der Waals surface area contributed by atoms with Crippen molar-refractivity contribution in [1.82, 2.24) is 14.8 Å². The third kappa shape index (κ3) is 3.69. The minimum absolute atomic E-state index is 0.0648. The highest BCUT2D eigenvalue weighted by Crippen LogP contribution is 2.14. The van der Waals surface area contributed by atoms with Crippen LogP contribution in [0.15, 0.2) is 12.3 Å². The minimum atomic E-state index is -0.259. The molecule has 1 aliphatic rings. The second-order valence-electron chi connectivity index (χ2n) is 5.05.